The van der Waals surface area contributed by atoms with Crippen molar-refractivity contribution in [3.63, 3.8) is 0 Å². The van der Waals surface area contributed by atoms with E-state index in [1.54, 1.807) is 20.8 Å². The van der Waals surface area contributed by atoms with Crippen molar-refractivity contribution in [3.8, 4) is 0 Å². The number of hydrogen-bond donors (Lipinski definition) is 2. The zero-order valence-corrected chi connectivity index (χ0v) is 26.5. The number of amides is 1. The van der Waals surface area contributed by atoms with E-state index in [2.05, 4.69) is 20.5 Å². The number of thioether (sulfide) groups is 1. The van der Waals surface area contributed by atoms with Crippen LogP contribution in [0.3, 0.4) is 0 Å². The molecule has 2 saturated carbocycles. The van der Waals surface area contributed by atoms with Gasteiger partial charge in [-0.05, 0) is 68.5 Å². The fraction of sp³-hybridized carbons (Fsp3) is 0.452. The van der Waals surface area contributed by atoms with E-state index in [0.717, 1.165) is 42.1 Å². The minimum absolute atomic E-state index is 0.0283. The van der Waals surface area contributed by atoms with E-state index >= 15 is 0 Å². The van der Waals surface area contributed by atoms with Gasteiger partial charge in [-0.3, -0.25) is 9.89 Å². The third kappa shape index (κ3) is 7.88. The molecule has 1 amide bonds. The number of ether oxygens (including phenoxy) is 3. The summed E-state index contributed by atoms with van der Waals surface area (Å²) in [4.78, 5) is 44.6. The number of hydrogen-bond acceptors (Lipinski definition) is 9. The quantitative estimate of drug-likeness (QED) is 0.150. The molecule has 2 N–H and O–H groups in total. The lowest BCUT2D eigenvalue weighted by atomic mass is 9.90. The van der Waals surface area contributed by atoms with Crippen LogP contribution >= 0.6 is 11.8 Å². The lowest BCUT2D eigenvalue weighted by Gasteiger charge is -2.33. The number of alkyl halides is 6. The Hall–Kier alpha value is -4.28. The van der Waals surface area contributed by atoms with Gasteiger partial charge >= 0.3 is 30.4 Å². The fourth-order valence-electron chi connectivity index (χ4n) is 5.93. The molecule has 0 radical (unpaired) electrons. The second kappa shape index (κ2) is 13.0. The SMILES string of the molecule is CC(C)(C)OC(=O)NC1(C(=O)OCc2cccc(C(F)(F)F)c2)CC(Sc2ncn[nH]2)C2C(C(=O)OCc3cccc(C(F)(F)F)c3)C21. The van der Waals surface area contributed by atoms with Gasteiger partial charge in [0.2, 0.25) is 0 Å². The van der Waals surface area contributed by atoms with Crippen LogP contribution in [-0.4, -0.2) is 49.6 Å². The monoisotopic (exact) mass is 700 g/mol. The summed E-state index contributed by atoms with van der Waals surface area (Å²) in [7, 11) is 0. The molecule has 2 aliphatic carbocycles. The predicted octanol–water partition coefficient (Wildman–Crippen LogP) is 6.32. The van der Waals surface area contributed by atoms with Gasteiger partial charge in [-0.2, -0.15) is 31.4 Å². The van der Waals surface area contributed by atoms with Crippen molar-refractivity contribution < 1.29 is 54.9 Å². The number of esters is 2. The molecular weight excluding hydrogens is 670 g/mol. The number of alkyl carbamates (subject to hydrolysis) is 1. The Kier molecular flexibility index (Phi) is 9.47. The Morgan fingerprint density at radius 2 is 1.52 bits per heavy atom. The molecule has 0 aliphatic heterocycles. The van der Waals surface area contributed by atoms with Crippen molar-refractivity contribution in [2.24, 2.45) is 17.8 Å². The standard InChI is InChI=1S/C31H30F6N4O6S/c1-28(2,3)47-27(44)40-29(25(43)46-14-17-7-5-9-19(11-17)31(35,36)37)12-20(48-26-38-15-39-41-26)21-22(23(21)29)24(42)45-13-16-6-4-8-18(10-16)30(32,33)34/h4-11,15,20-23H,12-14H2,1-3H3,(H,40,44)(H,38,39,41). The highest BCUT2D eigenvalue weighted by molar-refractivity contribution is 7.99. The van der Waals surface area contributed by atoms with Crippen LogP contribution in [0.4, 0.5) is 31.1 Å². The van der Waals surface area contributed by atoms with Crippen molar-refractivity contribution in [3.05, 3.63) is 77.1 Å². The maximum Gasteiger partial charge on any atom is 0.416 e. The molecule has 5 atom stereocenters. The van der Waals surface area contributed by atoms with E-state index in [0.29, 0.717) is 5.16 Å². The number of benzene rings is 2. The van der Waals surface area contributed by atoms with Crippen LogP contribution in [0.25, 0.3) is 0 Å². The van der Waals surface area contributed by atoms with Crippen LogP contribution in [0, 0.1) is 17.8 Å². The van der Waals surface area contributed by atoms with Gasteiger partial charge in [0.25, 0.3) is 0 Å². The summed E-state index contributed by atoms with van der Waals surface area (Å²) < 4.78 is 95.9. The van der Waals surface area contributed by atoms with Gasteiger partial charge < -0.3 is 19.5 Å². The second-order valence-electron chi connectivity index (χ2n) is 12.5. The minimum Gasteiger partial charge on any atom is -0.461 e. The third-order valence-electron chi connectivity index (χ3n) is 7.87. The van der Waals surface area contributed by atoms with Crippen molar-refractivity contribution in [1.29, 1.82) is 0 Å². The molecule has 0 spiro atoms. The van der Waals surface area contributed by atoms with Crippen LogP contribution in [0.15, 0.2) is 60.0 Å². The Labute approximate surface area is 274 Å². The molecule has 0 bridgehead atoms. The molecule has 1 heterocycles. The van der Waals surface area contributed by atoms with Crippen LogP contribution in [0.2, 0.25) is 0 Å². The molecule has 2 fully saturated rings. The van der Waals surface area contributed by atoms with Gasteiger partial charge in [0.1, 0.15) is 30.7 Å². The first-order valence-corrected chi connectivity index (χ1v) is 15.4. The zero-order valence-electron chi connectivity index (χ0n) is 25.6. The molecular formula is C31H30F6N4O6S. The molecule has 48 heavy (non-hydrogen) atoms. The number of rotatable bonds is 9. The summed E-state index contributed by atoms with van der Waals surface area (Å²) in [5, 5.41) is 8.85. The first kappa shape index (κ1) is 35.0. The molecule has 10 nitrogen and oxygen atoms in total. The molecule has 17 heteroatoms. The number of carbonyl (C=O) groups excluding carboxylic acids is 3. The maximum absolute atomic E-state index is 14.0. The Morgan fingerprint density at radius 1 is 0.938 bits per heavy atom. The average Bonchev–Trinajstić information content (AvgIpc) is 3.38. The number of aromatic nitrogens is 3. The fourth-order valence-corrected chi connectivity index (χ4v) is 7.28. The molecule has 5 rings (SSSR count). The largest absolute Gasteiger partial charge is 0.461 e. The first-order chi connectivity index (χ1) is 22.4. The number of nitrogens with zero attached hydrogens (tertiary/aromatic N) is 2. The lowest BCUT2D eigenvalue weighted by Crippen LogP contribution is -2.58. The smallest absolute Gasteiger partial charge is 0.416 e. The van der Waals surface area contributed by atoms with E-state index in [1.807, 2.05) is 0 Å². The van der Waals surface area contributed by atoms with Gasteiger partial charge in [-0.1, -0.05) is 36.0 Å². The molecule has 2 aromatic carbocycles. The summed E-state index contributed by atoms with van der Waals surface area (Å²) in [5.41, 5.74) is -4.66. The normalized spacial score (nSPS) is 23.6. The molecule has 0 saturated heterocycles. The average molecular weight is 701 g/mol. The third-order valence-corrected chi connectivity index (χ3v) is 9.08. The number of nitrogens with one attached hydrogen (secondary N) is 2. The molecule has 2 aliphatic rings. The summed E-state index contributed by atoms with van der Waals surface area (Å²) in [6.45, 7) is 3.70. The topological polar surface area (TPSA) is 132 Å². The summed E-state index contributed by atoms with van der Waals surface area (Å²) in [6, 6.07) is 8.45. The van der Waals surface area contributed by atoms with E-state index in [4.69, 9.17) is 14.2 Å². The van der Waals surface area contributed by atoms with Crippen LogP contribution in [0.5, 0.6) is 0 Å². The van der Waals surface area contributed by atoms with Gasteiger partial charge in [0, 0.05) is 11.2 Å². The minimum atomic E-state index is -4.64. The summed E-state index contributed by atoms with van der Waals surface area (Å²) in [6.07, 6.45) is -9.10. The summed E-state index contributed by atoms with van der Waals surface area (Å²) in [5.74, 6) is -4.39. The van der Waals surface area contributed by atoms with E-state index < -0.39 is 88.9 Å². The maximum atomic E-state index is 14.0. The van der Waals surface area contributed by atoms with Gasteiger partial charge in [-0.15, -0.1) is 0 Å². The van der Waals surface area contributed by atoms with E-state index in [1.165, 1.54) is 24.5 Å². The summed E-state index contributed by atoms with van der Waals surface area (Å²) >= 11 is 1.14. The highest BCUT2D eigenvalue weighted by Crippen LogP contribution is 2.66. The number of carbonyl (C=O) groups is 3. The van der Waals surface area contributed by atoms with Gasteiger partial charge in [0.15, 0.2) is 5.16 Å². The Bertz CT molecular complexity index is 1660. The highest BCUT2D eigenvalue weighted by Gasteiger charge is 2.76. The van der Waals surface area contributed by atoms with Crippen molar-refractivity contribution >= 4 is 29.8 Å². The zero-order chi connectivity index (χ0) is 35.1. The van der Waals surface area contributed by atoms with Crippen molar-refractivity contribution in [2.45, 2.75) is 74.3 Å². The van der Waals surface area contributed by atoms with E-state index in [9.17, 15) is 40.7 Å². The van der Waals surface area contributed by atoms with Crippen LogP contribution < -0.4 is 5.32 Å². The van der Waals surface area contributed by atoms with Crippen LogP contribution in [-0.2, 0) is 49.4 Å². The molecule has 5 unspecified atom stereocenters. The van der Waals surface area contributed by atoms with Crippen molar-refractivity contribution in [2.75, 3.05) is 0 Å². The number of aromatic amines is 1. The lowest BCUT2D eigenvalue weighted by molar-refractivity contribution is -0.155. The second-order valence-corrected chi connectivity index (χ2v) is 13.7. The van der Waals surface area contributed by atoms with Crippen LogP contribution in [0.1, 0.15) is 49.4 Å². The number of fused-ring (bicyclic) bond motifs is 1. The van der Waals surface area contributed by atoms with Gasteiger partial charge in [-0.25, -0.2) is 14.6 Å². The molecule has 3 aromatic rings. The Balaban J connectivity index is 1.42. The highest BCUT2D eigenvalue weighted by atomic mass is 32.2. The molecule has 1 aromatic heterocycles. The van der Waals surface area contributed by atoms with Gasteiger partial charge in [0.05, 0.1) is 17.0 Å². The Morgan fingerprint density at radius 3 is 2.04 bits per heavy atom. The predicted molar refractivity (Wildman–Crippen MR) is 156 cm³/mol. The molecule has 258 valence electrons. The van der Waals surface area contributed by atoms with E-state index in [-0.39, 0.29) is 17.5 Å². The first-order valence-electron chi connectivity index (χ1n) is 14.6. The van der Waals surface area contributed by atoms with Crippen molar-refractivity contribution in [1.82, 2.24) is 20.5 Å². The number of H-pyrrole nitrogens is 1. The number of halogens is 6.